The molecule has 1 aliphatic heterocycles. The van der Waals surface area contributed by atoms with E-state index in [-0.39, 0.29) is 5.91 Å². The van der Waals surface area contributed by atoms with Gasteiger partial charge in [-0.1, -0.05) is 6.07 Å². The Balaban J connectivity index is 1.95. The first-order valence-electron chi connectivity index (χ1n) is 6.66. The van der Waals surface area contributed by atoms with Crippen LogP contribution in [0, 0.1) is 13.8 Å². The van der Waals surface area contributed by atoms with Gasteiger partial charge in [0.1, 0.15) is 0 Å². The van der Waals surface area contributed by atoms with Crippen LogP contribution < -0.4 is 5.32 Å². The molecule has 0 aliphatic carbocycles. The van der Waals surface area contributed by atoms with E-state index in [4.69, 9.17) is 0 Å². The molecule has 1 amide bonds. The van der Waals surface area contributed by atoms with Crippen molar-refractivity contribution in [3.05, 3.63) is 34.9 Å². The van der Waals surface area contributed by atoms with Crippen molar-refractivity contribution < 1.29 is 9.90 Å². The fourth-order valence-electron chi connectivity index (χ4n) is 2.16. The summed E-state index contributed by atoms with van der Waals surface area (Å²) in [6.07, 6.45) is 1.51. The van der Waals surface area contributed by atoms with E-state index in [0.29, 0.717) is 12.1 Å². The number of amides is 1. The number of carbonyl (C=O) groups is 1. The van der Waals surface area contributed by atoms with Crippen LogP contribution in [0.2, 0.25) is 0 Å². The maximum atomic E-state index is 12.1. The van der Waals surface area contributed by atoms with E-state index >= 15 is 0 Å². The summed E-state index contributed by atoms with van der Waals surface area (Å²) in [5.74, 6) is 1.83. The summed E-state index contributed by atoms with van der Waals surface area (Å²) in [6.45, 7) is 4.37. The normalized spacial score (nSPS) is 18.1. The van der Waals surface area contributed by atoms with Crippen molar-refractivity contribution in [3.63, 3.8) is 0 Å². The van der Waals surface area contributed by atoms with Gasteiger partial charge in [-0.25, -0.2) is 0 Å². The molecule has 2 rings (SSSR count). The molecule has 0 radical (unpaired) electrons. The highest BCUT2D eigenvalue weighted by atomic mass is 32.2. The van der Waals surface area contributed by atoms with E-state index in [2.05, 4.69) is 5.32 Å². The average molecular weight is 279 g/mol. The molecule has 1 heterocycles. The summed E-state index contributed by atoms with van der Waals surface area (Å²) in [5.41, 5.74) is 2.23. The summed E-state index contributed by atoms with van der Waals surface area (Å²) in [6, 6.07) is 5.68. The Hall–Kier alpha value is -1.00. The fraction of sp³-hybridized carbons (Fsp3) is 0.533. The van der Waals surface area contributed by atoms with Crippen LogP contribution in [0.4, 0.5) is 0 Å². The number of carbonyl (C=O) groups excluding carboxylic acids is 1. The van der Waals surface area contributed by atoms with Gasteiger partial charge in [0.2, 0.25) is 0 Å². The van der Waals surface area contributed by atoms with Gasteiger partial charge in [-0.2, -0.15) is 11.8 Å². The Morgan fingerprint density at radius 3 is 2.63 bits per heavy atom. The lowest BCUT2D eigenvalue weighted by atomic mass is 9.96. The minimum atomic E-state index is -0.722. The van der Waals surface area contributed by atoms with Gasteiger partial charge < -0.3 is 10.4 Å². The van der Waals surface area contributed by atoms with Crippen molar-refractivity contribution in [2.45, 2.75) is 32.3 Å². The summed E-state index contributed by atoms with van der Waals surface area (Å²) < 4.78 is 0. The van der Waals surface area contributed by atoms with Crippen LogP contribution >= 0.6 is 11.8 Å². The van der Waals surface area contributed by atoms with Crippen LogP contribution in [0.1, 0.15) is 34.3 Å². The van der Waals surface area contributed by atoms with Gasteiger partial charge in [-0.3, -0.25) is 4.79 Å². The summed E-state index contributed by atoms with van der Waals surface area (Å²) in [7, 11) is 0. The smallest absolute Gasteiger partial charge is 0.251 e. The molecule has 0 atom stereocenters. The molecule has 0 spiro atoms. The molecule has 0 unspecified atom stereocenters. The first-order valence-corrected chi connectivity index (χ1v) is 7.81. The van der Waals surface area contributed by atoms with Crippen LogP contribution in [0.25, 0.3) is 0 Å². The molecule has 1 aromatic rings. The quantitative estimate of drug-likeness (QED) is 0.892. The molecule has 1 fully saturated rings. The highest BCUT2D eigenvalue weighted by molar-refractivity contribution is 7.99. The predicted molar refractivity (Wildman–Crippen MR) is 79.8 cm³/mol. The zero-order valence-electron chi connectivity index (χ0n) is 11.5. The third kappa shape index (κ3) is 3.74. The molecule has 3 nitrogen and oxygen atoms in total. The van der Waals surface area contributed by atoms with Crippen molar-refractivity contribution in [2.75, 3.05) is 18.1 Å². The molecule has 19 heavy (non-hydrogen) atoms. The first-order chi connectivity index (χ1) is 9.00. The van der Waals surface area contributed by atoms with Crippen LogP contribution in [0.3, 0.4) is 0 Å². The highest BCUT2D eigenvalue weighted by Gasteiger charge is 2.29. The van der Waals surface area contributed by atoms with Crippen LogP contribution in [-0.4, -0.2) is 34.7 Å². The highest BCUT2D eigenvalue weighted by Crippen LogP contribution is 2.26. The van der Waals surface area contributed by atoms with Gasteiger partial charge in [-0.15, -0.1) is 0 Å². The molecule has 104 valence electrons. The van der Waals surface area contributed by atoms with Gasteiger partial charge in [-0.05, 0) is 61.5 Å². The minimum absolute atomic E-state index is 0.102. The van der Waals surface area contributed by atoms with E-state index in [1.165, 1.54) is 5.56 Å². The molecular weight excluding hydrogens is 258 g/mol. The van der Waals surface area contributed by atoms with E-state index in [1.54, 1.807) is 0 Å². The predicted octanol–water partition coefficient (Wildman–Crippen LogP) is 2.29. The number of aryl methyl sites for hydroxylation is 2. The molecule has 1 aromatic carbocycles. The number of hydrogen-bond acceptors (Lipinski definition) is 3. The Morgan fingerprint density at radius 2 is 2.00 bits per heavy atom. The van der Waals surface area contributed by atoms with E-state index in [1.807, 2.05) is 43.8 Å². The third-order valence-electron chi connectivity index (χ3n) is 3.77. The van der Waals surface area contributed by atoms with Gasteiger partial charge in [0.15, 0.2) is 0 Å². The topological polar surface area (TPSA) is 49.3 Å². The van der Waals surface area contributed by atoms with Gasteiger partial charge in [0.25, 0.3) is 5.91 Å². The Bertz CT molecular complexity index is 467. The zero-order chi connectivity index (χ0) is 13.9. The summed E-state index contributed by atoms with van der Waals surface area (Å²) in [5, 5.41) is 13.2. The summed E-state index contributed by atoms with van der Waals surface area (Å²) in [4.78, 5) is 12.1. The fourth-order valence-corrected chi connectivity index (χ4v) is 3.41. The number of thioether (sulfide) groups is 1. The van der Waals surface area contributed by atoms with Crippen molar-refractivity contribution in [3.8, 4) is 0 Å². The lowest BCUT2D eigenvalue weighted by molar-refractivity contribution is 0.0311. The van der Waals surface area contributed by atoms with Gasteiger partial charge in [0.05, 0.1) is 5.60 Å². The molecule has 4 heteroatoms. The van der Waals surface area contributed by atoms with Crippen molar-refractivity contribution in [1.29, 1.82) is 0 Å². The average Bonchev–Trinajstić information content (AvgIpc) is 2.40. The molecular formula is C15H21NO2S. The van der Waals surface area contributed by atoms with E-state index in [9.17, 15) is 9.90 Å². The van der Waals surface area contributed by atoms with Crippen LogP contribution in [-0.2, 0) is 0 Å². The molecule has 0 saturated carbocycles. The largest absolute Gasteiger partial charge is 0.388 e. The molecule has 1 aliphatic rings. The van der Waals surface area contributed by atoms with Crippen molar-refractivity contribution in [1.82, 2.24) is 5.32 Å². The maximum absolute atomic E-state index is 12.1. The Morgan fingerprint density at radius 1 is 1.32 bits per heavy atom. The monoisotopic (exact) mass is 279 g/mol. The van der Waals surface area contributed by atoms with Crippen molar-refractivity contribution >= 4 is 17.7 Å². The van der Waals surface area contributed by atoms with Gasteiger partial charge >= 0.3 is 0 Å². The lowest BCUT2D eigenvalue weighted by Gasteiger charge is -2.31. The van der Waals surface area contributed by atoms with E-state index < -0.39 is 5.60 Å². The SMILES string of the molecule is Cc1ccc(C(=O)NCC2(O)CCSCC2)cc1C. The van der Waals surface area contributed by atoms with Gasteiger partial charge in [0, 0.05) is 12.1 Å². The second kappa shape index (κ2) is 5.97. The molecule has 0 bridgehead atoms. The Labute approximate surface area is 118 Å². The second-order valence-corrected chi connectivity index (χ2v) is 6.54. The maximum Gasteiger partial charge on any atom is 0.251 e. The number of hydrogen-bond donors (Lipinski definition) is 2. The van der Waals surface area contributed by atoms with Crippen LogP contribution in [0.15, 0.2) is 18.2 Å². The van der Waals surface area contributed by atoms with Crippen molar-refractivity contribution in [2.24, 2.45) is 0 Å². The Kier molecular flexibility index (Phi) is 4.53. The number of benzene rings is 1. The molecule has 0 aromatic heterocycles. The molecule has 1 saturated heterocycles. The summed E-state index contributed by atoms with van der Waals surface area (Å²) >= 11 is 1.86. The van der Waals surface area contributed by atoms with Crippen LogP contribution in [0.5, 0.6) is 0 Å². The second-order valence-electron chi connectivity index (χ2n) is 5.32. The number of rotatable bonds is 3. The molecule has 2 N–H and O–H groups in total. The number of aliphatic hydroxyl groups is 1. The minimum Gasteiger partial charge on any atom is -0.388 e. The standard InChI is InChI=1S/C15H21NO2S/c1-11-3-4-13(9-12(11)2)14(17)16-10-15(18)5-7-19-8-6-15/h3-4,9,18H,5-8,10H2,1-2H3,(H,16,17). The zero-order valence-corrected chi connectivity index (χ0v) is 12.3. The lowest BCUT2D eigenvalue weighted by Crippen LogP contribution is -2.45. The third-order valence-corrected chi connectivity index (χ3v) is 4.76. The first kappa shape index (κ1) is 14.4. The number of nitrogens with one attached hydrogen (secondary N) is 1. The van der Waals surface area contributed by atoms with E-state index in [0.717, 1.165) is 29.9 Å².